The van der Waals surface area contributed by atoms with Gasteiger partial charge in [-0.1, -0.05) is 24.6 Å². The Morgan fingerprint density at radius 3 is 2.84 bits per heavy atom. The predicted octanol–water partition coefficient (Wildman–Crippen LogP) is 2.95. The smallest absolute Gasteiger partial charge is 0.137 e. The van der Waals surface area contributed by atoms with E-state index < -0.39 is 0 Å². The number of methoxy groups -OCH3 is 1. The molecule has 1 N–H and O–H groups in total. The van der Waals surface area contributed by atoms with Crippen LogP contribution in [0.1, 0.15) is 24.9 Å². The highest BCUT2D eigenvalue weighted by molar-refractivity contribution is 6.32. The average Bonchev–Trinajstić information content (AvgIpc) is 2.82. The summed E-state index contributed by atoms with van der Waals surface area (Å²) in [6, 6.07) is 6.63. The third kappa shape index (κ3) is 3.04. The van der Waals surface area contributed by atoms with Gasteiger partial charge in [-0.05, 0) is 56.7 Å². The molecule has 2 unspecified atom stereocenters. The number of nitrogens with zero attached hydrogens (tertiary/aromatic N) is 1. The maximum absolute atomic E-state index is 6.26. The van der Waals surface area contributed by atoms with E-state index in [1.165, 1.54) is 12.0 Å². The highest BCUT2D eigenvalue weighted by Gasteiger charge is 2.33. The van der Waals surface area contributed by atoms with E-state index in [0.717, 1.165) is 25.4 Å². The number of hydrogen-bond donors (Lipinski definition) is 1. The molecule has 3 nitrogen and oxygen atoms in total. The van der Waals surface area contributed by atoms with Crippen molar-refractivity contribution < 1.29 is 4.74 Å². The zero-order valence-corrected chi connectivity index (χ0v) is 12.7. The minimum absolute atomic E-state index is 0.459. The third-order valence-electron chi connectivity index (χ3n) is 4.02. The molecule has 106 valence electrons. The molecule has 0 saturated carbocycles. The average molecular weight is 283 g/mol. The van der Waals surface area contributed by atoms with Crippen molar-refractivity contribution in [2.24, 2.45) is 5.92 Å². The second-order valence-corrected chi connectivity index (χ2v) is 5.48. The Bertz CT molecular complexity index is 425. The van der Waals surface area contributed by atoms with Crippen LogP contribution in [0.3, 0.4) is 0 Å². The minimum Gasteiger partial charge on any atom is -0.495 e. The lowest BCUT2D eigenvalue weighted by Crippen LogP contribution is -2.29. The summed E-state index contributed by atoms with van der Waals surface area (Å²) < 4.78 is 5.23. The van der Waals surface area contributed by atoms with Crippen LogP contribution in [0.4, 0.5) is 0 Å². The second kappa shape index (κ2) is 6.60. The summed E-state index contributed by atoms with van der Waals surface area (Å²) in [7, 11) is 3.67. The summed E-state index contributed by atoms with van der Waals surface area (Å²) in [5.74, 6) is 1.39. The number of halogens is 1. The molecule has 1 fully saturated rings. The van der Waals surface area contributed by atoms with Crippen LogP contribution in [0.25, 0.3) is 0 Å². The molecule has 1 saturated heterocycles. The lowest BCUT2D eigenvalue weighted by Gasteiger charge is -2.28. The van der Waals surface area contributed by atoms with Crippen molar-refractivity contribution in [2.45, 2.75) is 19.4 Å². The summed E-state index contributed by atoms with van der Waals surface area (Å²) in [5, 5.41) is 4.01. The van der Waals surface area contributed by atoms with Crippen LogP contribution in [-0.4, -0.2) is 38.7 Å². The zero-order valence-electron chi connectivity index (χ0n) is 11.9. The van der Waals surface area contributed by atoms with Gasteiger partial charge < -0.3 is 10.1 Å². The maximum Gasteiger partial charge on any atom is 0.137 e. The summed E-state index contributed by atoms with van der Waals surface area (Å²) in [6.45, 7) is 5.51. The molecule has 1 aromatic carbocycles. The molecule has 1 aromatic rings. The number of likely N-dealkylation sites (tertiary alicyclic amines) is 1. The normalized spacial score (nSPS) is 23.8. The van der Waals surface area contributed by atoms with E-state index >= 15 is 0 Å². The summed E-state index contributed by atoms with van der Waals surface area (Å²) in [6.07, 6.45) is 1.24. The molecular weight excluding hydrogens is 260 g/mol. The molecule has 1 heterocycles. The second-order valence-electron chi connectivity index (χ2n) is 5.07. The van der Waals surface area contributed by atoms with Gasteiger partial charge in [0.05, 0.1) is 12.1 Å². The van der Waals surface area contributed by atoms with Gasteiger partial charge in [0.25, 0.3) is 0 Å². The van der Waals surface area contributed by atoms with Gasteiger partial charge in [0.2, 0.25) is 0 Å². The first-order chi connectivity index (χ1) is 9.21. The van der Waals surface area contributed by atoms with Crippen molar-refractivity contribution in [1.29, 1.82) is 0 Å². The molecule has 2 rings (SSSR count). The molecule has 1 aliphatic heterocycles. The van der Waals surface area contributed by atoms with Crippen molar-refractivity contribution >= 4 is 11.6 Å². The van der Waals surface area contributed by atoms with Crippen molar-refractivity contribution in [3.63, 3.8) is 0 Å². The Kier molecular flexibility index (Phi) is 5.08. The van der Waals surface area contributed by atoms with Gasteiger partial charge in [0, 0.05) is 6.04 Å². The van der Waals surface area contributed by atoms with Gasteiger partial charge in [0.15, 0.2) is 0 Å². The van der Waals surface area contributed by atoms with E-state index in [2.05, 4.69) is 29.3 Å². The van der Waals surface area contributed by atoms with Crippen LogP contribution in [-0.2, 0) is 0 Å². The maximum atomic E-state index is 6.26. The van der Waals surface area contributed by atoms with Crippen LogP contribution >= 0.6 is 11.6 Å². The van der Waals surface area contributed by atoms with E-state index in [1.807, 2.05) is 13.1 Å². The van der Waals surface area contributed by atoms with E-state index in [-0.39, 0.29) is 0 Å². The van der Waals surface area contributed by atoms with E-state index in [0.29, 0.717) is 17.0 Å². The standard InChI is InChI=1S/C15H23ClN2O/c1-4-18-8-7-12(10-17-2)15(18)11-5-6-14(19-3)13(16)9-11/h5-6,9,12,15,17H,4,7-8,10H2,1-3H3. The molecule has 0 aliphatic carbocycles. The molecule has 0 bridgehead atoms. The molecule has 1 aliphatic rings. The van der Waals surface area contributed by atoms with E-state index in [1.54, 1.807) is 7.11 Å². The van der Waals surface area contributed by atoms with Crippen LogP contribution in [0.15, 0.2) is 18.2 Å². The molecular formula is C15H23ClN2O. The topological polar surface area (TPSA) is 24.5 Å². The zero-order chi connectivity index (χ0) is 13.8. The summed E-state index contributed by atoms with van der Waals surface area (Å²) in [4.78, 5) is 2.53. The highest BCUT2D eigenvalue weighted by atomic mass is 35.5. The van der Waals surface area contributed by atoms with E-state index in [4.69, 9.17) is 16.3 Å². The first-order valence-electron chi connectivity index (χ1n) is 6.93. The van der Waals surface area contributed by atoms with Crippen molar-refractivity contribution in [3.8, 4) is 5.75 Å². The summed E-state index contributed by atoms with van der Waals surface area (Å²) in [5.41, 5.74) is 1.30. The fraction of sp³-hybridized carbons (Fsp3) is 0.600. The van der Waals surface area contributed by atoms with Gasteiger partial charge in [-0.15, -0.1) is 0 Å². The summed E-state index contributed by atoms with van der Waals surface area (Å²) >= 11 is 6.26. The molecule has 0 aromatic heterocycles. The number of hydrogen-bond acceptors (Lipinski definition) is 3. The van der Waals surface area contributed by atoms with Crippen molar-refractivity contribution in [1.82, 2.24) is 10.2 Å². The Morgan fingerprint density at radius 1 is 1.47 bits per heavy atom. The van der Waals surface area contributed by atoms with E-state index in [9.17, 15) is 0 Å². The van der Waals surface area contributed by atoms with Gasteiger partial charge in [-0.2, -0.15) is 0 Å². The van der Waals surface area contributed by atoms with Crippen LogP contribution < -0.4 is 10.1 Å². The van der Waals surface area contributed by atoms with Gasteiger partial charge in [-0.25, -0.2) is 0 Å². The third-order valence-corrected chi connectivity index (χ3v) is 4.31. The minimum atomic E-state index is 0.459. The molecule has 0 radical (unpaired) electrons. The monoisotopic (exact) mass is 282 g/mol. The number of ether oxygens (including phenoxy) is 1. The fourth-order valence-corrected chi connectivity index (χ4v) is 3.37. The van der Waals surface area contributed by atoms with Crippen LogP contribution in [0, 0.1) is 5.92 Å². The van der Waals surface area contributed by atoms with Gasteiger partial charge >= 0.3 is 0 Å². The first-order valence-corrected chi connectivity index (χ1v) is 7.31. The molecule has 4 heteroatoms. The Balaban J connectivity index is 2.27. The molecule has 19 heavy (non-hydrogen) atoms. The van der Waals surface area contributed by atoms with Crippen LogP contribution in [0.2, 0.25) is 5.02 Å². The lowest BCUT2D eigenvalue weighted by atomic mass is 9.93. The lowest BCUT2D eigenvalue weighted by molar-refractivity contribution is 0.238. The SMILES string of the molecule is CCN1CCC(CNC)C1c1ccc(OC)c(Cl)c1. The van der Waals surface area contributed by atoms with Crippen LogP contribution in [0.5, 0.6) is 5.75 Å². The number of nitrogens with one attached hydrogen (secondary N) is 1. The van der Waals surface area contributed by atoms with Crippen molar-refractivity contribution in [3.05, 3.63) is 28.8 Å². The largest absolute Gasteiger partial charge is 0.495 e. The highest BCUT2D eigenvalue weighted by Crippen LogP contribution is 2.39. The number of rotatable bonds is 5. The molecule has 0 spiro atoms. The van der Waals surface area contributed by atoms with Crippen molar-refractivity contribution in [2.75, 3.05) is 33.8 Å². The Labute approximate surface area is 120 Å². The Morgan fingerprint density at radius 2 is 2.26 bits per heavy atom. The molecule has 2 atom stereocenters. The predicted molar refractivity (Wildman–Crippen MR) is 80.0 cm³/mol. The number of benzene rings is 1. The molecule has 0 amide bonds. The Hall–Kier alpha value is -0.770. The quantitative estimate of drug-likeness (QED) is 0.899. The van der Waals surface area contributed by atoms with Gasteiger partial charge in [-0.3, -0.25) is 4.90 Å². The fourth-order valence-electron chi connectivity index (χ4n) is 3.11. The first kappa shape index (κ1) is 14.6. The van der Waals surface area contributed by atoms with Gasteiger partial charge in [0.1, 0.15) is 5.75 Å².